The van der Waals surface area contributed by atoms with Crippen LogP contribution >= 0.6 is 11.6 Å². The minimum atomic E-state index is -3.61. The number of benzene rings is 1. The average molecular weight is 333 g/mol. The first-order valence-corrected chi connectivity index (χ1v) is 8.58. The lowest BCUT2D eigenvalue weighted by Crippen LogP contribution is -2.53. The summed E-state index contributed by atoms with van der Waals surface area (Å²) in [6.07, 6.45) is -0.158. The molecule has 0 amide bonds. The van der Waals surface area contributed by atoms with Crippen LogP contribution in [0.2, 0.25) is 5.02 Å². The Balaban J connectivity index is 2.42. The Morgan fingerprint density at radius 2 is 2.05 bits per heavy atom. The highest BCUT2D eigenvalue weighted by Gasteiger charge is 2.38. The predicted octanol–water partition coefficient (Wildman–Crippen LogP) is 2.42. The lowest BCUT2D eigenvalue weighted by molar-refractivity contribution is -0.109. The van der Waals surface area contributed by atoms with Gasteiger partial charge in [0.2, 0.25) is 10.0 Å². The molecule has 2 N–H and O–H groups in total. The lowest BCUT2D eigenvalue weighted by atomic mass is 10.1. The van der Waals surface area contributed by atoms with Gasteiger partial charge in [0.15, 0.2) is 0 Å². The third-order valence-electron chi connectivity index (χ3n) is 3.43. The largest absolute Gasteiger partial charge is 0.397 e. The number of aryl methyl sites for hydroxylation is 1. The minimum Gasteiger partial charge on any atom is -0.397 e. The molecule has 0 aromatic heterocycles. The van der Waals surface area contributed by atoms with Crippen LogP contribution in [0.3, 0.4) is 0 Å². The molecule has 0 bridgehead atoms. The van der Waals surface area contributed by atoms with E-state index in [4.69, 9.17) is 22.1 Å². The Kier molecular flexibility index (Phi) is 4.28. The minimum absolute atomic E-state index is 0.158. The Labute approximate surface area is 131 Å². The summed E-state index contributed by atoms with van der Waals surface area (Å²) in [5, 5.41) is 0.393. The van der Waals surface area contributed by atoms with Crippen molar-refractivity contribution in [1.82, 2.24) is 4.31 Å². The monoisotopic (exact) mass is 332 g/mol. The number of morpholine rings is 1. The van der Waals surface area contributed by atoms with E-state index in [1.807, 2.05) is 20.8 Å². The normalized spacial score (nSPS) is 23.2. The Morgan fingerprint density at radius 1 is 1.43 bits per heavy atom. The number of anilines is 1. The Bertz CT molecular complexity index is 635. The first-order chi connectivity index (χ1) is 9.53. The van der Waals surface area contributed by atoms with Crippen LogP contribution in [0.15, 0.2) is 17.0 Å². The summed E-state index contributed by atoms with van der Waals surface area (Å²) in [7, 11) is -3.61. The van der Waals surface area contributed by atoms with Crippen LogP contribution in [0.4, 0.5) is 5.69 Å². The molecule has 0 spiro atoms. The molecule has 1 aliphatic rings. The highest BCUT2D eigenvalue weighted by molar-refractivity contribution is 7.89. The molecule has 1 heterocycles. The van der Waals surface area contributed by atoms with Crippen molar-refractivity contribution in [2.75, 3.05) is 18.8 Å². The third kappa shape index (κ3) is 3.34. The zero-order chi connectivity index (χ0) is 16.0. The quantitative estimate of drug-likeness (QED) is 0.844. The van der Waals surface area contributed by atoms with Crippen LogP contribution in [0.25, 0.3) is 0 Å². The van der Waals surface area contributed by atoms with Gasteiger partial charge in [0.1, 0.15) is 0 Å². The maximum absolute atomic E-state index is 12.8. The maximum Gasteiger partial charge on any atom is 0.243 e. The molecule has 118 valence electrons. The predicted molar refractivity (Wildman–Crippen MR) is 84.0 cm³/mol. The summed E-state index contributed by atoms with van der Waals surface area (Å²) in [6, 6.07) is 2.97. The second-order valence-electron chi connectivity index (χ2n) is 6.13. The SMILES string of the molecule is Cc1cc(S(=O)(=O)N2CC(C)OC(C)(C)C2)cc(N)c1Cl. The van der Waals surface area contributed by atoms with Crippen molar-refractivity contribution in [1.29, 1.82) is 0 Å². The van der Waals surface area contributed by atoms with E-state index in [1.165, 1.54) is 10.4 Å². The highest BCUT2D eigenvalue weighted by Crippen LogP contribution is 2.31. The van der Waals surface area contributed by atoms with Crippen molar-refractivity contribution in [2.24, 2.45) is 0 Å². The molecule has 1 aliphatic heterocycles. The number of nitrogen functional groups attached to an aromatic ring is 1. The second kappa shape index (κ2) is 5.43. The average Bonchev–Trinajstić information content (AvgIpc) is 2.32. The van der Waals surface area contributed by atoms with Crippen molar-refractivity contribution in [2.45, 2.75) is 44.3 Å². The van der Waals surface area contributed by atoms with Crippen LogP contribution in [0, 0.1) is 6.92 Å². The zero-order valence-electron chi connectivity index (χ0n) is 12.7. The third-order valence-corrected chi connectivity index (χ3v) is 5.74. The molecule has 1 aromatic rings. The Hall–Kier alpha value is -0.820. The van der Waals surface area contributed by atoms with Gasteiger partial charge in [0.05, 0.1) is 27.3 Å². The number of sulfonamides is 1. The van der Waals surface area contributed by atoms with Crippen LogP contribution in [-0.4, -0.2) is 37.5 Å². The molecule has 1 fully saturated rings. The van der Waals surface area contributed by atoms with Gasteiger partial charge in [-0.3, -0.25) is 0 Å². The fourth-order valence-corrected chi connectivity index (χ4v) is 4.53. The van der Waals surface area contributed by atoms with Crippen molar-refractivity contribution < 1.29 is 13.2 Å². The summed E-state index contributed by atoms with van der Waals surface area (Å²) >= 11 is 6.00. The Morgan fingerprint density at radius 3 is 2.57 bits per heavy atom. The number of hydrogen-bond donors (Lipinski definition) is 1. The zero-order valence-corrected chi connectivity index (χ0v) is 14.3. The van der Waals surface area contributed by atoms with Crippen LogP contribution in [0.5, 0.6) is 0 Å². The van der Waals surface area contributed by atoms with Gasteiger partial charge in [-0.1, -0.05) is 11.6 Å². The van der Waals surface area contributed by atoms with Crippen molar-refractivity contribution >= 4 is 27.3 Å². The summed E-state index contributed by atoms with van der Waals surface area (Å²) in [5.74, 6) is 0. The lowest BCUT2D eigenvalue weighted by Gasteiger charge is -2.40. The van der Waals surface area contributed by atoms with Gasteiger partial charge in [0, 0.05) is 13.1 Å². The first kappa shape index (κ1) is 16.5. The standard InChI is InChI=1S/C14H21ClN2O3S/c1-9-5-11(6-12(16)13(9)15)21(18,19)17-7-10(2)20-14(3,4)8-17/h5-6,10H,7-8,16H2,1-4H3. The smallest absolute Gasteiger partial charge is 0.243 e. The molecule has 7 heteroatoms. The van der Waals surface area contributed by atoms with E-state index in [1.54, 1.807) is 13.0 Å². The molecule has 21 heavy (non-hydrogen) atoms. The van der Waals surface area contributed by atoms with Crippen LogP contribution in [0.1, 0.15) is 26.3 Å². The maximum atomic E-state index is 12.8. The summed E-state index contributed by atoms with van der Waals surface area (Å²) < 4.78 is 32.8. The van der Waals surface area contributed by atoms with Crippen molar-refractivity contribution in [3.05, 3.63) is 22.7 Å². The van der Waals surface area contributed by atoms with E-state index in [0.717, 1.165) is 0 Å². The van der Waals surface area contributed by atoms with Gasteiger partial charge in [-0.05, 0) is 45.4 Å². The molecular formula is C14H21ClN2O3S. The van der Waals surface area contributed by atoms with Crippen molar-refractivity contribution in [3.8, 4) is 0 Å². The number of nitrogens with zero attached hydrogens (tertiary/aromatic N) is 1. The van der Waals surface area contributed by atoms with Gasteiger partial charge < -0.3 is 10.5 Å². The number of ether oxygens (including phenoxy) is 1. The molecule has 1 atom stereocenters. The number of hydrogen-bond acceptors (Lipinski definition) is 4. The summed E-state index contributed by atoms with van der Waals surface area (Å²) in [5.41, 5.74) is 6.20. The molecule has 2 rings (SSSR count). The van der Waals surface area contributed by atoms with E-state index in [9.17, 15) is 8.42 Å². The molecule has 5 nitrogen and oxygen atoms in total. The molecule has 1 saturated heterocycles. The molecule has 0 radical (unpaired) electrons. The topological polar surface area (TPSA) is 72.6 Å². The molecular weight excluding hydrogens is 312 g/mol. The van der Waals surface area contributed by atoms with Crippen molar-refractivity contribution in [3.63, 3.8) is 0 Å². The van der Waals surface area contributed by atoms with Crippen LogP contribution < -0.4 is 5.73 Å². The van der Waals surface area contributed by atoms with Gasteiger partial charge in [0.25, 0.3) is 0 Å². The number of nitrogens with two attached hydrogens (primary N) is 1. The molecule has 1 aromatic carbocycles. The molecule has 0 aliphatic carbocycles. The number of rotatable bonds is 2. The van der Waals surface area contributed by atoms with Gasteiger partial charge in [-0.15, -0.1) is 0 Å². The fraction of sp³-hybridized carbons (Fsp3) is 0.571. The molecule has 1 unspecified atom stereocenters. The van der Waals surface area contributed by atoms with E-state index in [2.05, 4.69) is 0 Å². The van der Waals surface area contributed by atoms with Gasteiger partial charge in [-0.2, -0.15) is 4.31 Å². The fourth-order valence-electron chi connectivity index (χ4n) is 2.64. The van der Waals surface area contributed by atoms with Gasteiger partial charge >= 0.3 is 0 Å². The summed E-state index contributed by atoms with van der Waals surface area (Å²) in [4.78, 5) is 0.173. The summed E-state index contributed by atoms with van der Waals surface area (Å²) in [6.45, 7) is 8.00. The molecule has 0 saturated carbocycles. The van der Waals surface area contributed by atoms with Crippen LogP contribution in [-0.2, 0) is 14.8 Å². The van der Waals surface area contributed by atoms with E-state index < -0.39 is 15.6 Å². The second-order valence-corrected chi connectivity index (χ2v) is 8.45. The van der Waals surface area contributed by atoms with E-state index in [-0.39, 0.29) is 16.7 Å². The highest BCUT2D eigenvalue weighted by atomic mass is 35.5. The van der Waals surface area contributed by atoms with Gasteiger partial charge in [-0.25, -0.2) is 8.42 Å². The number of halogens is 1. The van der Waals surface area contributed by atoms with E-state index in [0.29, 0.717) is 23.7 Å². The first-order valence-electron chi connectivity index (χ1n) is 6.76. The van der Waals surface area contributed by atoms with E-state index >= 15 is 0 Å².